The van der Waals surface area contributed by atoms with Gasteiger partial charge in [0.05, 0.1) is 6.21 Å². The second kappa shape index (κ2) is 9.73. The molecule has 2 rings (SSSR count). The normalized spacial score (nSPS) is 12.3. The molecule has 1 heterocycles. The minimum atomic E-state index is -0.285. The van der Waals surface area contributed by atoms with E-state index in [1.807, 2.05) is 25.1 Å². The molecule has 1 amide bonds. The molecule has 0 spiro atoms. The summed E-state index contributed by atoms with van der Waals surface area (Å²) in [5.74, 6) is 0.939. The van der Waals surface area contributed by atoms with E-state index in [0.29, 0.717) is 11.7 Å². The van der Waals surface area contributed by atoms with Crippen molar-refractivity contribution in [1.29, 1.82) is 0 Å². The van der Waals surface area contributed by atoms with Gasteiger partial charge in [-0.1, -0.05) is 32.4 Å². The Balaban J connectivity index is 1.77. The lowest BCUT2D eigenvalue weighted by atomic mass is 9.97. The number of hydrogen-bond donors (Lipinski definition) is 1. The molecule has 0 saturated heterocycles. The van der Waals surface area contributed by atoms with Gasteiger partial charge in [0.25, 0.3) is 5.91 Å². The van der Waals surface area contributed by atoms with Crippen molar-refractivity contribution in [2.75, 3.05) is 6.61 Å². The highest BCUT2D eigenvalue weighted by Gasteiger charge is 2.06. The van der Waals surface area contributed by atoms with Crippen LogP contribution in [0.1, 0.15) is 47.9 Å². The molecule has 25 heavy (non-hydrogen) atoms. The smallest absolute Gasteiger partial charge is 0.277 e. The molecule has 1 atom stereocenters. The van der Waals surface area contributed by atoms with Crippen LogP contribution in [0.25, 0.3) is 0 Å². The van der Waals surface area contributed by atoms with Crippen LogP contribution in [0, 0.1) is 6.92 Å². The second-order valence-corrected chi connectivity index (χ2v) is 8.04. The Hall–Kier alpha value is -1.66. The standard InChI is InChI=1S/C19H23BrN2O2S/c1-4-5-13(2)15-6-8-16(9-7-15)24-12-19(23)22-21-11-17-10-18(20)14(3)25-17/h6-11,13H,4-5,12H2,1-3H3,(H,22,23)/b21-11-/t13-/m0/s1. The average molecular weight is 423 g/mol. The first-order chi connectivity index (χ1) is 12.0. The molecule has 1 aromatic heterocycles. The summed E-state index contributed by atoms with van der Waals surface area (Å²) in [6, 6.07) is 9.90. The Bertz CT molecular complexity index is 706. The minimum Gasteiger partial charge on any atom is -0.484 e. The summed E-state index contributed by atoms with van der Waals surface area (Å²) in [7, 11) is 0. The first kappa shape index (κ1) is 19.7. The highest BCUT2D eigenvalue weighted by molar-refractivity contribution is 9.10. The van der Waals surface area contributed by atoms with Crippen molar-refractivity contribution < 1.29 is 9.53 Å². The van der Waals surface area contributed by atoms with Crippen molar-refractivity contribution in [3.05, 3.63) is 50.1 Å². The molecule has 134 valence electrons. The molecular formula is C19H23BrN2O2S. The first-order valence-corrected chi connectivity index (χ1v) is 9.91. The Morgan fingerprint density at radius 3 is 2.72 bits per heavy atom. The van der Waals surface area contributed by atoms with E-state index in [-0.39, 0.29) is 12.5 Å². The van der Waals surface area contributed by atoms with E-state index in [1.165, 1.54) is 23.3 Å². The summed E-state index contributed by atoms with van der Waals surface area (Å²) in [6.07, 6.45) is 3.97. The largest absolute Gasteiger partial charge is 0.484 e. The topological polar surface area (TPSA) is 50.7 Å². The number of benzene rings is 1. The number of aryl methyl sites for hydroxylation is 1. The number of amides is 1. The van der Waals surface area contributed by atoms with Crippen LogP contribution in [0.2, 0.25) is 0 Å². The highest BCUT2D eigenvalue weighted by atomic mass is 79.9. The molecule has 6 heteroatoms. The predicted molar refractivity (Wildman–Crippen MR) is 108 cm³/mol. The molecule has 0 aliphatic carbocycles. The molecule has 0 bridgehead atoms. The minimum absolute atomic E-state index is 0.0611. The molecular weight excluding hydrogens is 400 g/mol. The number of carbonyl (C=O) groups excluding carboxylic acids is 1. The zero-order valence-electron chi connectivity index (χ0n) is 14.7. The van der Waals surface area contributed by atoms with Crippen LogP contribution in [0.3, 0.4) is 0 Å². The fourth-order valence-corrected chi connectivity index (χ4v) is 3.82. The number of hydrazone groups is 1. The second-order valence-electron chi connectivity index (χ2n) is 5.89. The molecule has 1 N–H and O–H groups in total. The number of nitrogens with one attached hydrogen (secondary N) is 1. The van der Waals surface area contributed by atoms with Gasteiger partial charge in [0.1, 0.15) is 5.75 Å². The Labute approximate surface area is 161 Å². The first-order valence-electron chi connectivity index (χ1n) is 8.30. The van der Waals surface area contributed by atoms with E-state index in [0.717, 1.165) is 9.35 Å². The van der Waals surface area contributed by atoms with Crippen molar-refractivity contribution in [1.82, 2.24) is 5.43 Å². The van der Waals surface area contributed by atoms with E-state index in [1.54, 1.807) is 17.6 Å². The van der Waals surface area contributed by atoms with Crippen LogP contribution in [-0.2, 0) is 4.79 Å². The maximum atomic E-state index is 11.8. The third-order valence-corrected chi connectivity index (χ3v) is 5.87. The lowest BCUT2D eigenvalue weighted by Crippen LogP contribution is -2.24. The number of rotatable bonds is 8. The number of halogens is 1. The Morgan fingerprint density at radius 1 is 1.40 bits per heavy atom. The summed E-state index contributed by atoms with van der Waals surface area (Å²) in [5, 5.41) is 3.95. The maximum absolute atomic E-state index is 11.8. The number of carbonyl (C=O) groups is 1. The van der Waals surface area contributed by atoms with Crippen LogP contribution in [0.4, 0.5) is 0 Å². The fourth-order valence-electron chi connectivity index (χ4n) is 2.39. The van der Waals surface area contributed by atoms with E-state index >= 15 is 0 Å². The molecule has 0 saturated carbocycles. The number of thiophene rings is 1. The Kier molecular flexibility index (Phi) is 7.65. The molecule has 0 unspecified atom stereocenters. The fraction of sp³-hybridized carbons (Fsp3) is 0.368. The summed E-state index contributed by atoms with van der Waals surface area (Å²) in [5.41, 5.74) is 3.77. The van der Waals surface area contributed by atoms with Crippen LogP contribution in [0.15, 0.2) is 39.9 Å². The summed E-state index contributed by atoms with van der Waals surface area (Å²) in [4.78, 5) is 13.9. The lowest BCUT2D eigenvalue weighted by molar-refractivity contribution is -0.123. The lowest BCUT2D eigenvalue weighted by Gasteiger charge is -2.11. The predicted octanol–water partition coefficient (Wildman–Crippen LogP) is 5.25. The van der Waals surface area contributed by atoms with Crippen molar-refractivity contribution in [2.45, 2.75) is 39.5 Å². The van der Waals surface area contributed by atoms with Gasteiger partial charge in [0.15, 0.2) is 6.61 Å². The van der Waals surface area contributed by atoms with Crippen molar-refractivity contribution in [3.63, 3.8) is 0 Å². The average Bonchev–Trinajstić information content (AvgIpc) is 2.91. The third kappa shape index (κ3) is 6.29. The third-order valence-electron chi connectivity index (χ3n) is 3.80. The van der Waals surface area contributed by atoms with E-state index in [9.17, 15) is 4.79 Å². The SMILES string of the molecule is CCC[C@H](C)c1ccc(OCC(=O)N/N=C\c2cc(Br)c(C)s2)cc1. The summed E-state index contributed by atoms with van der Waals surface area (Å²) < 4.78 is 6.54. The molecule has 0 aliphatic heterocycles. The van der Waals surface area contributed by atoms with Crippen molar-refractivity contribution >= 4 is 39.4 Å². The van der Waals surface area contributed by atoms with Gasteiger partial charge in [0.2, 0.25) is 0 Å². The number of nitrogens with zero attached hydrogens (tertiary/aromatic N) is 1. The summed E-state index contributed by atoms with van der Waals surface area (Å²) in [6.45, 7) is 6.37. The van der Waals surface area contributed by atoms with Gasteiger partial charge in [0, 0.05) is 14.2 Å². The van der Waals surface area contributed by atoms with Crippen LogP contribution < -0.4 is 10.2 Å². The van der Waals surface area contributed by atoms with Crippen LogP contribution >= 0.6 is 27.3 Å². The van der Waals surface area contributed by atoms with Crippen LogP contribution in [0.5, 0.6) is 5.75 Å². The van der Waals surface area contributed by atoms with Gasteiger partial charge in [-0.25, -0.2) is 5.43 Å². The molecule has 0 fully saturated rings. The maximum Gasteiger partial charge on any atom is 0.277 e. The molecule has 1 aromatic carbocycles. The van der Waals surface area contributed by atoms with Crippen molar-refractivity contribution in [3.8, 4) is 5.75 Å². The van der Waals surface area contributed by atoms with Gasteiger partial charge in [-0.15, -0.1) is 11.3 Å². The number of ether oxygens (including phenoxy) is 1. The molecule has 0 aliphatic rings. The van der Waals surface area contributed by atoms with Crippen molar-refractivity contribution in [2.24, 2.45) is 5.10 Å². The molecule has 4 nitrogen and oxygen atoms in total. The highest BCUT2D eigenvalue weighted by Crippen LogP contribution is 2.25. The van der Waals surface area contributed by atoms with E-state index in [2.05, 4.69) is 52.4 Å². The van der Waals surface area contributed by atoms with Gasteiger partial charge in [-0.3, -0.25) is 4.79 Å². The van der Waals surface area contributed by atoms with Gasteiger partial charge >= 0.3 is 0 Å². The zero-order valence-corrected chi connectivity index (χ0v) is 17.1. The Morgan fingerprint density at radius 2 is 2.12 bits per heavy atom. The summed E-state index contributed by atoms with van der Waals surface area (Å²) >= 11 is 5.06. The molecule has 0 radical (unpaired) electrons. The van der Waals surface area contributed by atoms with E-state index < -0.39 is 0 Å². The van der Waals surface area contributed by atoms with Crippen LogP contribution in [-0.4, -0.2) is 18.7 Å². The number of hydrogen-bond acceptors (Lipinski definition) is 4. The van der Waals surface area contributed by atoms with Gasteiger partial charge in [-0.2, -0.15) is 5.10 Å². The van der Waals surface area contributed by atoms with Gasteiger partial charge < -0.3 is 4.74 Å². The van der Waals surface area contributed by atoms with E-state index in [4.69, 9.17) is 4.74 Å². The van der Waals surface area contributed by atoms with Gasteiger partial charge in [-0.05, 0) is 59.0 Å². The molecule has 2 aromatic rings. The zero-order chi connectivity index (χ0) is 18.2. The monoisotopic (exact) mass is 422 g/mol. The quantitative estimate of drug-likeness (QED) is 0.466.